The van der Waals surface area contributed by atoms with Crippen LogP contribution in [0, 0.1) is 0 Å². The van der Waals surface area contributed by atoms with Gasteiger partial charge in [-0.3, -0.25) is 4.40 Å². The Labute approximate surface area is 285 Å². The molecule has 0 bridgehead atoms. The number of nitrogens with zero attached hydrogens (tertiary/aromatic N) is 3. The van der Waals surface area contributed by atoms with Gasteiger partial charge in [-0.1, -0.05) is 133 Å². The molecule has 8 aromatic rings. The van der Waals surface area contributed by atoms with Gasteiger partial charge in [0.15, 0.2) is 0 Å². The molecule has 1 aliphatic carbocycles. The quantitative estimate of drug-likeness (QED) is 0.178. The highest BCUT2D eigenvalue weighted by Crippen LogP contribution is 2.36. The van der Waals surface area contributed by atoms with E-state index in [1.54, 1.807) is 0 Å². The molecule has 0 aliphatic heterocycles. The van der Waals surface area contributed by atoms with Crippen LogP contribution in [0.1, 0.15) is 23.6 Å². The van der Waals surface area contributed by atoms with E-state index >= 15 is 0 Å². The van der Waals surface area contributed by atoms with Crippen LogP contribution in [0.5, 0.6) is 0 Å². The van der Waals surface area contributed by atoms with E-state index in [9.17, 15) is 0 Å². The molecule has 3 nitrogen and oxygen atoms in total. The zero-order chi connectivity index (χ0) is 32.7. The summed E-state index contributed by atoms with van der Waals surface area (Å²) >= 11 is 0. The summed E-state index contributed by atoms with van der Waals surface area (Å²) < 4.78 is 2.14. The Morgan fingerprint density at radius 2 is 1.12 bits per heavy atom. The van der Waals surface area contributed by atoms with Gasteiger partial charge in [-0.2, -0.15) is 0 Å². The van der Waals surface area contributed by atoms with Crippen molar-refractivity contribution in [3.63, 3.8) is 0 Å². The number of imidazole rings is 1. The van der Waals surface area contributed by atoms with Gasteiger partial charge in [0.05, 0.1) is 16.7 Å². The maximum atomic E-state index is 5.15. The van der Waals surface area contributed by atoms with Crippen LogP contribution in [0.3, 0.4) is 0 Å². The predicted molar refractivity (Wildman–Crippen MR) is 204 cm³/mol. The van der Waals surface area contributed by atoms with E-state index in [4.69, 9.17) is 9.97 Å². The SMILES string of the molecule is CC1=C=C(c2ccccc2)C=C(c2ccc(-c3ccc(-c4nc5ccccc5c5nc6ccccn6c45)cc3)cc2)C=C1c1ccccc1. The van der Waals surface area contributed by atoms with Gasteiger partial charge in [0.2, 0.25) is 0 Å². The van der Waals surface area contributed by atoms with Crippen LogP contribution in [0.25, 0.3) is 66.7 Å². The van der Waals surface area contributed by atoms with Crippen LogP contribution >= 0.6 is 0 Å². The van der Waals surface area contributed by atoms with Gasteiger partial charge in [0.25, 0.3) is 0 Å². The Hall–Kier alpha value is -6.54. The van der Waals surface area contributed by atoms with Crippen LogP contribution in [0.15, 0.2) is 181 Å². The average molecular weight is 626 g/mol. The smallest absolute Gasteiger partial charge is 0.137 e. The molecule has 0 saturated heterocycles. The lowest BCUT2D eigenvalue weighted by molar-refractivity contribution is 1.22. The minimum absolute atomic E-state index is 0.917. The number of hydrogen-bond donors (Lipinski definition) is 0. The molecule has 9 rings (SSSR count). The predicted octanol–water partition coefficient (Wildman–Crippen LogP) is 11.5. The Kier molecular flexibility index (Phi) is 6.97. The fraction of sp³-hybridized carbons (Fsp3) is 0.0217. The Morgan fingerprint density at radius 1 is 0.510 bits per heavy atom. The van der Waals surface area contributed by atoms with Crippen LogP contribution in [-0.2, 0) is 0 Å². The molecule has 0 unspecified atom stereocenters. The fourth-order valence-corrected chi connectivity index (χ4v) is 6.86. The van der Waals surface area contributed by atoms with Gasteiger partial charge in [-0.15, -0.1) is 5.73 Å². The lowest BCUT2D eigenvalue weighted by Crippen LogP contribution is -1.92. The average Bonchev–Trinajstić information content (AvgIpc) is 3.47. The molecule has 0 atom stereocenters. The Balaban J connectivity index is 1.09. The van der Waals surface area contributed by atoms with Crippen LogP contribution in [0.2, 0.25) is 0 Å². The number of allylic oxidation sites excluding steroid dienone is 5. The van der Waals surface area contributed by atoms with Crippen molar-refractivity contribution in [3.8, 4) is 22.4 Å². The largest absolute Gasteiger partial charge is 0.298 e. The van der Waals surface area contributed by atoms with E-state index in [0.29, 0.717) is 0 Å². The van der Waals surface area contributed by atoms with Crippen molar-refractivity contribution in [3.05, 3.63) is 198 Å². The first-order chi connectivity index (χ1) is 24.2. The third kappa shape index (κ3) is 5.20. The topological polar surface area (TPSA) is 30.2 Å². The number of fused-ring (bicyclic) bond motifs is 5. The van der Waals surface area contributed by atoms with Gasteiger partial charge in [-0.25, -0.2) is 9.97 Å². The highest BCUT2D eigenvalue weighted by molar-refractivity contribution is 6.09. The summed E-state index contributed by atoms with van der Waals surface area (Å²) in [5.74, 6) is 0. The zero-order valence-corrected chi connectivity index (χ0v) is 27.0. The van der Waals surface area contributed by atoms with Gasteiger partial charge in [-0.05, 0) is 81.8 Å². The number of para-hydroxylation sites is 1. The maximum absolute atomic E-state index is 5.15. The minimum atomic E-state index is 0.917. The van der Waals surface area contributed by atoms with E-state index in [1.165, 1.54) is 11.1 Å². The summed E-state index contributed by atoms with van der Waals surface area (Å²) in [4.78, 5) is 10.2. The molecule has 0 saturated carbocycles. The van der Waals surface area contributed by atoms with Gasteiger partial charge in [0.1, 0.15) is 11.2 Å². The number of pyridine rings is 2. The molecule has 230 valence electrons. The summed E-state index contributed by atoms with van der Waals surface area (Å²) in [6, 6.07) is 53.1. The zero-order valence-electron chi connectivity index (χ0n) is 27.0. The summed E-state index contributed by atoms with van der Waals surface area (Å²) in [6.07, 6.45) is 6.63. The first-order valence-electron chi connectivity index (χ1n) is 16.6. The molecular formula is C46H31N3. The van der Waals surface area contributed by atoms with E-state index in [-0.39, 0.29) is 0 Å². The molecule has 0 fully saturated rings. The molecular weight excluding hydrogens is 595 g/mol. The number of hydrogen-bond acceptors (Lipinski definition) is 2. The van der Waals surface area contributed by atoms with Crippen molar-refractivity contribution in [2.75, 3.05) is 0 Å². The van der Waals surface area contributed by atoms with Gasteiger partial charge < -0.3 is 0 Å². The molecule has 3 heteroatoms. The molecule has 1 aliphatic rings. The molecule has 0 radical (unpaired) electrons. The molecule has 49 heavy (non-hydrogen) atoms. The summed E-state index contributed by atoms with van der Waals surface area (Å²) in [5, 5.41) is 1.06. The van der Waals surface area contributed by atoms with Gasteiger partial charge >= 0.3 is 0 Å². The molecule has 5 aromatic carbocycles. The van der Waals surface area contributed by atoms with Crippen molar-refractivity contribution in [1.82, 2.24) is 14.4 Å². The Morgan fingerprint density at radius 3 is 1.86 bits per heavy atom. The van der Waals surface area contributed by atoms with Crippen LogP contribution in [0.4, 0.5) is 0 Å². The van der Waals surface area contributed by atoms with E-state index in [2.05, 4.69) is 163 Å². The third-order valence-electron chi connectivity index (χ3n) is 9.35. The second-order valence-electron chi connectivity index (χ2n) is 12.4. The van der Waals surface area contributed by atoms with E-state index < -0.39 is 0 Å². The fourth-order valence-electron chi connectivity index (χ4n) is 6.86. The molecule has 0 N–H and O–H groups in total. The molecule has 0 spiro atoms. The first-order valence-corrected chi connectivity index (χ1v) is 16.6. The summed E-state index contributed by atoms with van der Waals surface area (Å²) in [5.41, 5.74) is 19.9. The second-order valence-corrected chi connectivity index (χ2v) is 12.4. The van der Waals surface area contributed by atoms with Crippen molar-refractivity contribution in [2.45, 2.75) is 6.92 Å². The number of benzene rings is 5. The molecule has 0 amide bonds. The first kappa shape index (κ1) is 28.7. The Bertz CT molecular complexity index is 2650. The van der Waals surface area contributed by atoms with Crippen molar-refractivity contribution >= 4 is 44.3 Å². The van der Waals surface area contributed by atoms with Crippen molar-refractivity contribution in [2.24, 2.45) is 0 Å². The molecule has 3 heterocycles. The minimum Gasteiger partial charge on any atom is -0.298 e. The highest BCUT2D eigenvalue weighted by atomic mass is 15.0. The molecule has 3 aromatic heterocycles. The lowest BCUT2D eigenvalue weighted by Gasteiger charge is -2.11. The van der Waals surface area contributed by atoms with Gasteiger partial charge in [0, 0.05) is 22.7 Å². The number of aromatic nitrogens is 3. The van der Waals surface area contributed by atoms with Crippen molar-refractivity contribution in [1.29, 1.82) is 0 Å². The summed E-state index contributed by atoms with van der Waals surface area (Å²) in [6.45, 7) is 2.15. The number of rotatable bonds is 5. The van der Waals surface area contributed by atoms with Crippen LogP contribution < -0.4 is 0 Å². The van der Waals surface area contributed by atoms with Crippen LogP contribution in [-0.4, -0.2) is 14.4 Å². The van der Waals surface area contributed by atoms with E-state index in [1.807, 2.05) is 24.3 Å². The summed E-state index contributed by atoms with van der Waals surface area (Å²) in [7, 11) is 0. The van der Waals surface area contributed by atoms with E-state index in [0.717, 1.165) is 77.8 Å². The third-order valence-corrected chi connectivity index (χ3v) is 9.35. The monoisotopic (exact) mass is 625 g/mol. The highest BCUT2D eigenvalue weighted by Gasteiger charge is 2.17. The maximum Gasteiger partial charge on any atom is 0.137 e. The normalized spacial score (nSPS) is 13.2. The standard InChI is InChI=1S/C46H31N3/c1-31-28-38(32-12-4-2-5-13-32)29-39(30-41(31)36-14-6-3-7-15-36)35-21-19-33(20-22-35)34-23-25-37(26-24-34)44-46-45(40-16-8-9-17-42(40)47-44)48-43-18-10-11-27-49(43)46/h2-27,29-30H,1H3. The lowest BCUT2D eigenvalue weighted by atomic mass is 9.94. The van der Waals surface area contributed by atoms with Crippen molar-refractivity contribution < 1.29 is 0 Å². The second kappa shape index (κ2) is 11.9.